The van der Waals surface area contributed by atoms with Crippen LogP contribution in [0.3, 0.4) is 0 Å². The van der Waals surface area contributed by atoms with Crippen molar-refractivity contribution in [3.05, 3.63) is 29.8 Å². The van der Waals surface area contributed by atoms with Crippen molar-refractivity contribution < 1.29 is 14.4 Å². The number of benzene rings is 1. The van der Waals surface area contributed by atoms with E-state index in [-0.39, 0.29) is 48.5 Å². The van der Waals surface area contributed by atoms with Gasteiger partial charge in [-0.2, -0.15) is 0 Å². The summed E-state index contributed by atoms with van der Waals surface area (Å²) < 4.78 is 0. The Morgan fingerprint density at radius 3 is 2.40 bits per heavy atom. The highest BCUT2D eigenvalue weighted by Crippen LogP contribution is 2.29. The number of carbonyl (C=O) groups excluding carboxylic acids is 3. The highest BCUT2D eigenvalue weighted by atomic mass is 35.5. The maximum Gasteiger partial charge on any atom is 0.251 e. The van der Waals surface area contributed by atoms with E-state index in [9.17, 15) is 14.4 Å². The van der Waals surface area contributed by atoms with Gasteiger partial charge in [0.2, 0.25) is 11.8 Å². The molecule has 3 amide bonds. The maximum atomic E-state index is 12.5. The summed E-state index contributed by atoms with van der Waals surface area (Å²) in [6.07, 6.45) is 4.35. The predicted molar refractivity (Wildman–Crippen MR) is 96.3 cm³/mol. The van der Waals surface area contributed by atoms with Crippen molar-refractivity contribution >= 4 is 35.8 Å². The zero-order valence-electron chi connectivity index (χ0n) is 13.9. The first-order valence-corrected chi connectivity index (χ1v) is 8.28. The summed E-state index contributed by atoms with van der Waals surface area (Å²) in [5, 5.41) is 4.29. The quantitative estimate of drug-likeness (QED) is 0.746. The third kappa shape index (κ3) is 4.11. The van der Waals surface area contributed by atoms with Crippen molar-refractivity contribution in [2.75, 3.05) is 11.6 Å². The van der Waals surface area contributed by atoms with Crippen LogP contribution in [0.2, 0.25) is 0 Å². The molecule has 1 aromatic carbocycles. The minimum absolute atomic E-state index is 0. The Bertz CT molecular complexity index is 656. The number of nitrogens with one attached hydrogen (secondary N) is 2. The molecule has 3 rings (SSSR count). The van der Waals surface area contributed by atoms with E-state index < -0.39 is 0 Å². The van der Waals surface area contributed by atoms with Crippen LogP contribution in [-0.2, 0) is 9.59 Å². The molecule has 1 aromatic rings. The van der Waals surface area contributed by atoms with Crippen LogP contribution in [0.25, 0.3) is 0 Å². The molecule has 2 aliphatic rings. The lowest BCUT2D eigenvalue weighted by Crippen LogP contribution is -2.51. The number of halogens is 1. The smallest absolute Gasteiger partial charge is 0.251 e. The fourth-order valence-electron chi connectivity index (χ4n) is 3.29. The molecule has 1 heterocycles. The van der Waals surface area contributed by atoms with Crippen LogP contribution in [-0.4, -0.2) is 29.8 Å². The number of hydrogen-bond donors (Lipinski definition) is 3. The number of amides is 3. The largest absolute Gasteiger partial charge is 0.345 e. The van der Waals surface area contributed by atoms with Gasteiger partial charge in [0, 0.05) is 24.9 Å². The van der Waals surface area contributed by atoms with Gasteiger partial charge in [-0.25, -0.2) is 5.01 Å². The molecule has 1 aliphatic heterocycles. The Morgan fingerprint density at radius 2 is 1.80 bits per heavy atom. The third-order valence-corrected chi connectivity index (χ3v) is 4.77. The van der Waals surface area contributed by atoms with Crippen molar-refractivity contribution in [1.82, 2.24) is 10.7 Å². The molecule has 0 unspecified atom stereocenters. The summed E-state index contributed by atoms with van der Waals surface area (Å²) in [7, 11) is 0. The van der Waals surface area contributed by atoms with E-state index in [0.29, 0.717) is 17.8 Å². The summed E-state index contributed by atoms with van der Waals surface area (Å²) in [6.45, 7) is 0.436. The van der Waals surface area contributed by atoms with Gasteiger partial charge >= 0.3 is 0 Å². The number of hydrogen-bond acceptors (Lipinski definition) is 4. The molecule has 1 saturated carbocycles. The van der Waals surface area contributed by atoms with E-state index in [2.05, 4.69) is 10.7 Å². The second-order valence-corrected chi connectivity index (χ2v) is 6.46. The summed E-state index contributed by atoms with van der Waals surface area (Å²) in [6, 6.07) is 6.61. The van der Waals surface area contributed by atoms with Crippen molar-refractivity contribution in [3.63, 3.8) is 0 Å². The van der Waals surface area contributed by atoms with Crippen molar-refractivity contribution in [2.24, 2.45) is 5.73 Å². The Balaban J connectivity index is 0.00000225. The van der Waals surface area contributed by atoms with Gasteiger partial charge in [0.15, 0.2) is 0 Å². The van der Waals surface area contributed by atoms with Gasteiger partial charge in [-0.15, -0.1) is 12.4 Å². The molecule has 4 N–H and O–H groups in total. The summed E-state index contributed by atoms with van der Waals surface area (Å²) in [5.41, 5.74) is 9.13. The molecular weight excluding hydrogens is 344 g/mol. The lowest BCUT2D eigenvalue weighted by Gasteiger charge is -2.29. The molecule has 2 fully saturated rings. The van der Waals surface area contributed by atoms with Gasteiger partial charge in [-0.1, -0.05) is 12.8 Å². The maximum absolute atomic E-state index is 12.5. The number of hydrazine groups is 1. The van der Waals surface area contributed by atoms with E-state index in [0.717, 1.165) is 25.7 Å². The zero-order chi connectivity index (χ0) is 17.2. The molecule has 136 valence electrons. The molecule has 0 aromatic heterocycles. The normalized spacial score (nSPS) is 19.2. The lowest BCUT2D eigenvalue weighted by molar-refractivity contribution is -0.130. The number of rotatable bonds is 4. The average Bonchev–Trinajstić information content (AvgIpc) is 3.06. The fourth-order valence-corrected chi connectivity index (χ4v) is 3.29. The van der Waals surface area contributed by atoms with Gasteiger partial charge in [-0.3, -0.25) is 19.8 Å². The van der Waals surface area contributed by atoms with Crippen molar-refractivity contribution in [2.45, 2.75) is 44.1 Å². The summed E-state index contributed by atoms with van der Waals surface area (Å²) in [5.74, 6) is -0.523. The molecule has 25 heavy (non-hydrogen) atoms. The molecule has 0 radical (unpaired) electrons. The first-order chi connectivity index (χ1) is 11.5. The fraction of sp³-hybridized carbons (Fsp3) is 0.471. The second kappa shape index (κ2) is 7.84. The van der Waals surface area contributed by atoms with Crippen LogP contribution >= 0.6 is 12.4 Å². The highest BCUT2D eigenvalue weighted by Gasteiger charge is 2.34. The molecule has 1 saturated heterocycles. The Morgan fingerprint density at radius 1 is 1.16 bits per heavy atom. The van der Waals surface area contributed by atoms with Crippen LogP contribution in [0, 0.1) is 0 Å². The Kier molecular flexibility index (Phi) is 6.02. The van der Waals surface area contributed by atoms with Crippen LogP contribution in [0.15, 0.2) is 24.3 Å². The molecule has 0 atom stereocenters. The number of nitrogens with two attached hydrogens (primary N) is 1. The monoisotopic (exact) mass is 366 g/mol. The van der Waals surface area contributed by atoms with Crippen LogP contribution in [0.1, 0.15) is 48.9 Å². The first-order valence-electron chi connectivity index (χ1n) is 8.28. The van der Waals surface area contributed by atoms with E-state index in [1.165, 1.54) is 5.01 Å². The minimum atomic E-state index is -0.299. The standard InChI is InChI=1S/C17H22N4O3.ClH/c18-11-17(9-1-2-10-17)19-16(24)12-3-5-13(6-4-12)21-15(23)8-7-14(22)20-21;/h3-6H,1-2,7-11,18H2,(H,19,24)(H,20,22);1H. The lowest BCUT2D eigenvalue weighted by atomic mass is 9.97. The topological polar surface area (TPSA) is 105 Å². The second-order valence-electron chi connectivity index (χ2n) is 6.46. The van der Waals surface area contributed by atoms with Crippen molar-refractivity contribution in [1.29, 1.82) is 0 Å². The highest BCUT2D eigenvalue weighted by molar-refractivity contribution is 6.01. The molecule has 0 bridgehead atoms. The molecule has 1 aliphatic carbocycles. The predicted octanol–water partition coefficient (Wildman–Crippen LogP) is 1.27. The van der Waals surface area contributed by atoms with E-state index in [1.807, 2.05) is 0 Å². The molecule has 8 heteroatoms. The van der Waals surface area contributed by atoms with Crippen LogP contribution in [0.5, 0.6) is 0 Å². The van der Waals surface area contributed by atoms with Gasteiger partial charge < -0.3 is 11.1 Å². The van der Waals surface area contributed by atoms with Gasteiger partial charge in [0.25, 0.3) is 5.91 Å². The number of nitrogens with zero attached hydrogens (tertiary/aromatic N) is 1. The summed E-state index contributed by atoms with van der Waals surface area (Å²) >= 11 is 0. The first kappa shape index (κ1) is 19.2. The van der Waals surface area contributed by atoms with Gasteiger partial charge in [0.05, 0.1) is 11.2 Å². The van der Waals surface area contributed by atoms with E-state index in [4.69, 9.17) is 5.73 Å². The Hall–Kier alpha value is -2.12. The van der Waals surface area contributed by atoms with Crippen LogP contribution < -0.4 is 21.5 Å². The number of carbonyl (C=O) groups is 3. The SMILES string of the molecule is Cl.NCC1(NC(=O)c2ccc(N3NC(=O)CCC3=O)cc2)CCCC1. The van der Waals surface area contributed by atoms with Crippen LogP contribution in [0.4, 0.5) is 5.69 Å². The van der Waals surface area contributed by atoms with E-state index in [1.54, 1.807) is 24.3 Å². The minimum Gasteiger partial charge on any atom is -0.345 e. The van der Waals surface area contributed by atoms with Crippen molar-refractivity contribution in [3.8, 4) is 0 Å². The zero-order valence-corrected chi connectivity index (χ0v) is 14.7. The molecular formula is C17H23ClN4O3. The third-order valence-electron chi connectivity index (χ3n) is 4.77. The Labute approximate surface area is 152 Å². The van der Waals surface area contributed by atoms with Gasteiger partial charge in [-0.05, 0) is 37.1 Å². The molecule has 0 spiro atoms. The van der Waals surface area contributed by atoms with E-state index >= 15 is 0 Å². The number of anilines is 1. The molecule has 7 nitrogen and oxygen atoms in total. The average molecular weight is 367 g/mol. The van der Waals surface area contributed by atoms with Gasteiger partial charge in [0.1, 0.15) is 0 Å². The summed E-state index contributed by atoms with van der Waals surface area (Å²) in [4.78, 5) is 35.8.